The normalized spacial score (nSPS) is 11.3. The van der Waals surface area contributed by atoms with Gasteiger partial charge in [-0.2, -0.15) is 0 Å². The summed E-state index contributed by atoms with van der Waals surface area (Å²) in [4.78, 5) is 0. The molecule has 0 rings (SSSR count). The summed E-state index contributed by atoms with van der Waals surface area (Å²) in [5.74, 6) is 0. The molecule has 0 unspecified atom stereocenters. The van der Waals surface area contributed by atoms with E-state index in [0.717, 1.165) is 12.8 Å². The van der Waals surface area contributed by atoms with E-state index < -0.39 is 0 Å². The molecule has 0 bridgehead atoms. The van der Waals surface area contributed by atoms with Gasteiger partial charge in [-0.25, -0.2) is 0 Å². The number of hydrogen-bond donors (Lipinski definition) is 1. The van der Waals surface area contributed by atoms with Gasteiger partial charge < -0.3 is 5.11 Å². The fourth-order valence-electron chi connectivity index (χ4n) is 1.49. The molecule has 0 aliphatic heterocycles. The van der Waals surface area contributed by atoms with Gasteiger partial charge in [0.15, 0.2) is 0 Å². The van der Waals surface area contributed by atoms with E-state index in [9.17, 15) is 0 Å². The molecule has 84 valence electrons. The fraction of sp³-hybridized carbons (Fsp3) is 0.846. The van der Waals surface area contributed by atoms with Crippen molar-refractivity contribution in [2.24, 2.45) is 0 Å². The monoisotopic (exact) mass is 198 g/mol. The maximum atomic E-state index is 8.56. The quantitative estimate of drug-likeness (QED) is 0.414. The van der Waals surface area contributed by atoms with Gasteiger partial charge in [0, 0.05) is 6.61 Å². The molecule has 0 heterocycles. The molecule has 0 saturated carbocycles. The van der Waals surface area contributed by atoms with Crippen LogP contribution in [0.2, 0.25) is 0 Å². The lowest BCUT2D eigenvalue weighted by Crippen LogP contribution is -1.79. The predicted octanol–water partition coefficient (Wildman–Crippen LogP) is 4.07. The van der Waals surface area contributed by atoms with Crippen molar-refractivity contribution < 1.29 is 5.11 Å². The highest BCUT2D eigenvalue weighted by Crippen LogP contribution is 2.07. The average molecular weight is 198 g/mol. The Labute approximate surface area is 89.2 Å². The first-order valence-corrected chi connectivity index (χ1v) is 6.17. The summed E-state index contributed by atoms with van der Waals surface area (Å²) in [5, 5.41) is 8.56. The number of unbranched alkanes of at least 4 members (excludes halogenated alkanes) is 7. The number of allylic oxidation sites excluding steroid dienone is 2. The lowest BCUT2D eigenvalue weighted by molar-refractivity contribution is 0.289. The predicted molar refractivity (Wildman–Crippen MR) is 63.5 cm³/mol. The third kappa shape index (κ3) is 11.7. The fourth-order valence-corrected chi connectivity index (χ4v) is 1.49. The van der Waals surface area contributed by atoms with Crippen molar-refractivity contribution in [1.29, 1.82) is 0 Å². The molecule has 0 atom stereocenters. The van der Waals surface area contributed by atoms with Crippen molar-refractivity contribution in [3.63, 3.8) is 0 Å². The SMILES string of the molecule is CCCCCCCC/C=C\CCCO. The smallest absolute Gasteiger partial charge is 0.0433 e. The van der Waals surface area contributed by atoms with Crippen LogP contribution in [0.5, 0.6) is 0 Å². The molecule has 1 nitrogen and oxygen atoms in total. The van der Waals surface area contributed by atoms with Crippen LogP contribution in [0, 0.1) is 0 Å². The summed E-state index contributed by atoms with van der Waals surface area (Å²) in [6.45, 7) is 2.57. The third-order valence-electron chi connectivity index (χ3n) is 2.42. The molecule has 0 spiro atoms. The number of aliphatic hydroxyl groups excluding tert-OH is 1. The molecule has 1 heteroatoms. The van der Waals surface area contributed by atoms with Crippen LogP contribution in [0.1, 0.15) is 64.7 Å². The van der Waals surface area contributed by atoms with E-state index >= 15 is 0 Å². The van der Waals surface area contributed by atoms with E-state index in [0.29, 0.717) is 6.61 Å². The van der Waals surface area contributed by atoms with E-state index in [4.69, 9.17) is 5.11 Å². The number of aliphatic hydroxyl groups is 1. The zero-order chi connectivity index (χ0) is 10.5. The van der Waals surface area contributed by atoms with Crippen LogP contribution < -0.4 is 0 Å². The van der Waals surface area contributed by atoms with Gasteiger partial charge in [-0.05, 0) is 25.7 Å². The third-order valence-corrected chi connectivity index (χ3v) is 2.42. The highest BCUT2D eigenvalue weighted by molar-refractivity contribution is 4.81. The van der Waals surface area contributed by atoms with Crippen LogP contribution in [0.25, 0.3) is 0 Å². The minimum absolute atomic E-state index is 0.321. The molecule has 0 aromatic heterocycles. The number of rotatable bonds is 10. The molecule has 0 fully saturated rings. The van der Waals surface area contributed by atoms with E-state index in [1.54, 1.807) is 0 Å². The summed E-state index contributed by atoms with van der Waals surface area (Å²) in [5.41, 5.74) is 0. The Kier molecular flexibility index (Phi) is 12.4. The van der Waals surface area contributed by atoms with Crippen LogP contribution in [0.4, 0.5) is 0 Å². The van der Waals surface area contributed by atoms with Crippen LogP contribution in [-0.4, -0.2) is 11.7 Å². The van der Waals surface area contributed by atoms with Gasteiger partial charge in [-0.3, -0.25) is 0 Å². The van der Waals surface area contributed by atoms with Crippen LogP contribution in [0.15, 0.2) is 12.2 Å². The van der Waals surface area contributed by atoms with Gasteiger partial charge in [-0.15, -0.1) is 0 Å². The molecule has 0 amide bonds. The zero-order valence-electron chi connectivity index (χ0n) is 9.67. The summed E-state index contributed by atoms with van der Waals surface area (Å²) in [7, 11) is 0. The van der Waals surface area contributed by atoms with Gasteiger partial charge in [0.2, 0.25) is 0 Å². The van der Waals surface area contributed by atoms with Gasteiger partial charge in [-0.1, -0.05) is 51.2 Å². The zero-order valence-corrected chi connectivity index (χ0v) is 9.67. The first-order valence-electron chi connectivity index (χ1n) is 6.17. The van der Waals surface area contributed by atoms with Crippen molar-refractivity contribution in [3.8, 4) is 0 Å². The summed E-state index contributed by atoms with van der Waals surface area (Å²) in [6, 6.07) is 0. The highest BCUT2D eigenvalue weighted by atomic mass is 16.2. The van der Waals surface area contributed by atoms with Crippen molar-refractivity contribution in [3.05, 3.63) is 12.2 Å². The van der Waals surface area contributed by atoms with Crippen LogP contribution in [-0.2, 0) is 0 Å². The maximum absolute atomic E-state index is 8.56. The van der Waals surface area contributed by atoms with Gasteiger partial charge in [0.25, 0.3) is 0 Å². The molecule has 0 aliphatic rings. The molecule has 0 saturated heterocycles. The van der Waals surface area contributed by atoms with Crippen molar-refractivity contribution in [2.75, 3.05) is 6.61 Å². The van der Waals surface area contributed by atoms with Crippen molar-refractivity contribution >= 4 is 0 Å². The van der Waals surface area contributed by atoms with Gasteiger partial charge in [0.1, 0.15) is 0 Å². The molecule has 14 heavy (non-hydrogen) atoms. The Hall–Kier alpha value is -0.300. The van der Waals surface area contributed by atoms with Crippen molar-refractivity contribution in [1.82, 2.24) is 0 Å². The Balaban J connectivity index is 2.94. The van der Waals surface area contributed by atoms with Crippen LogP contribution in [0.3, 0.4) is 0 Å². The maximum Gasteiger partial charge on any atom is 0.0433 e. The summed E-state index contributed by atoms with van der Waals surface area (Å²) >= 11 is 0. The first kappa shape index (κ1) is 13.7. The van der Waals surface area contributed by atoms with Crippen molar-refractivity contribution in [2.45, 2.75) is 64.7 Å². The Bertz CT molecular complexity index is 118. The van der Waals surface area contributed by atoms with E-state index in [1.165, 1.54) is 44.9 Å². The summed E-state index contributed by atoms with van der Waals surface area (Å²) < 4.78 is 0. The number of hydrogen-bond acceptors (Lipinski definition) is 1. The lowest BCUT2D eigenvalue weighted by atomic mass is 10.1. The topological polar surface area (TPSA) is 20.2 Å². The molecule has 0 radical (unpaired) electrons. The van der Waals surface area contributed by atoms with Crippen LogP contribution >= 0.6 is 0 Å². The second kappa shape index (κ2) is 12.7. The average Bonchev–Trinajstić information content (AvgIpc) is 2.21. The molecular formula is C13H26O. The largest absolute Gasteiger partial charge is 0.396 e. The minimum atomic E-state index is 0.321. The minimum Gasteiger partial charge on any atom is -0.396 e. The molecule has 0 aromatic rings. The van der Waals surface area contributed by atoms with Gasteiger partial charge in [0.05, 0.1) is 0 Å². The Morgan fingerprint density at radius 2 is 1.36 bits per heavy atom. The first-order chi connectivity index (χ1) is 6.91. The van der Waals surface area contributed by atoms with Gasteiger partial charge >= 0.3 is 0 Å². The second-order valence-corrected chi connectivity index (χ2v) is 3.89. The molecular weight excluding hydrogens is 172 g/mol. The standard InChI is InChI=1S/C13H26O/c1-2-3-4-5-6-7-8-9-10-11-12-13-14/h9-10,14H,2-8,11-13H2,1H3/b10-9-. The lowest BCUT2D eigenvalue weighted by Gasteiger charge is -1.97. The van der Waals surface area contributed by atoms with E-state index in [-0.39, 0.29) is 0 Å². The Morgan fingerprint density at radius 3 is 2.00 bits per heavy atom. The second-order valence-electron chi connectivity index (χ2n) is 3.89. The highest BCUT2D eigenvalue weighted by Gasteiger charge is 1.87. The molecule has 1 N–H and O–H groups in total. The Morgan fingerprint density at radius 1 is 0.786 bits per heavy atom. The summed E-state index contributed by atoms with van der Waals surface area (Å²) in [6.07, 6.45) is 15.9. The van der Waals surface area contributed by atoms with E-state index in [2.05, 4.69) is 19.1 Å². The molecule has 0 aliphatic carbocycles. The molecule has 0 aromatic carbocycles. The van der Waals surface area contributed by atoms with E-state index in [1.807, 2.05) is 0 Å².